The van der Waals surface area contributed by atoms with E-state index < -0.39 is 0 Å². The predicted molar refractivity (Wildman–Crippen MR) is 111 cm³/mol. The van der Waals surface area contributed by atoms with E-state index >= 15 is 0 Å². The Bertz CT molecular complexity index is 902. The first kappa shape index (κ1) is 20.3. The summed E-state index contributed by atoms with van der Waals surface area (Å²) in [5.74, 6) is 0. The van der Waals surface area contributed by atoms with E-state index in [9.17, 15) is 0 Å². The van der Waals surface area contributed by atoms with Gasteiger partial charge in [0, 0.05) is 23.2 Å². The molecule has 0 saturated heterocycles. The first-order valence-electron chi connectivity index (χ1n) is 8.36. The van der Waals surface area contributed by atoms with Gasteiger partial charge in [-0.2, -0.15) is 0 Å². The molecule has 0 amide bonds. The molecular weight excluding hydrogens is 304 g/mol. The molecule has 25 heavy (non-hydrogen) atoms. The molecule has 4 rings (SSSR count). The van der Waals surface area contributed by atoms with E-state index in [0.29, 0.717) is 0 Å². The molecule has 0 N–H and O–H groups in total. The smallest absolute Gasteiger partial charge is 0.0731 e. The predicted octanol–water partition coefficient (Wildman–Crippen LogP) is 6.75. The molecule has 0 spiro atoms. The fourth-order valence-corrected chi connectivity index (χ4v) is 2.45. The zero-order valence-electron chi connectivity index (χ0n) is 14.8. The standard InChI is InChI=1S/2C10H9N.C2H6.CH4/c1-8-4-2-5-9-6-3-7-11-10(8)9;1-8-4-5-10-9(7-8)3-2-6-11-10;1-2;/h2*2-7H,1H3;1-2H3;1H4. The highest BCUT2D eigenvalue weighted by Gasteiger charge is 1.93. The number of pyridine rings is 2. The summed E-state index contributed by atoms with van der Waals surface area (Å²) >= 11 is 0. The first-order chi connectivity index (χ1) is 11.7. The molecule has 2 heteroatoms. The fourth-order valence-electron chi connectivity index (χ4n) is 2.45. The van der Waals surface area contributed by atoms with Gasteiger partial charge in [-0.1, -0.05) is 63.2 Å². The highest BCUT2D eigenvalue weighted by atomic mass is 14.6. The van der Waals surface area contributed by atoms with Crippen LogP contribution in [0.25, 0.3) is 21.8 Å². The third-order valence-corrected chi connectivity index (χ3v) is 3.59. The number of hydrogen-bond acceptors (Lipinski definition) is 2. The number of hydrogen-bond donors (Lipinski definition) is 0. The largest absolute Gasteiger partial charge is 0.256 e. The third kappa shape index (κ3) is 5.39. The maximum Gasteiger partial charge on any atom is 0.0731 e. The van der Waals surface area contributed by atoms with Crippen molar-refractivity contribution in [2.24, 2.45) is 0 Å². The average molecular weight is 332 g/mol. The Hall–Kier alpha value is -2.74. The second kappa shape index (κ2) is 10.2. The second-order valence-corrected chi connectivity index (χ2v) is 5.35. The molecule has 0 atom stereocenters. The normalized spacial score (nSPS) is 9.28. The van der Waals surface area contributed by atoms with Crippen molar-refractivity contribution in [1.29, 1.82) is 0 Å². The number of aromatic nitrogens is 2. The van der Waals surface area contributed by atoms with E-state index in [1.54, 1.807) is 0 Å². The summed E-state index contributed by atoms with van der Waals surface area (Å²) < 4.78 is 0. The SMILES string of the molecule is C.CC.Cc1ccc2ncccc2c1.Cc1cccc2cccnc12. The molecule has 2 nitrogen and oxygen atoms in total. The van der Waals surface area contributed by atoms with E-state index in [4.69, 9.17) is 0 Å². The van der Waals surface area contributed by atoms with Crippen LogP contribution in [0.3, 0.4) is 0 Å². The highest BCUT2D eigenvalue weighted by molar-refractivity contribution is 5.81. The second-order valence-electron chi connectivity index (χ2n) is 5.35. The lowest BCUT2D eigenvalue weighted by atomic mass is 10.1. The van der Waals surface area contributed by atoms with Gasteiger partial charge in [0.2, 0.25) is 0 Å². The molecule has 0 aliphatic carbocycles. The quantitative estimate of drug-likeness (QED) is 0.356. The van der Waals surface area contributed by atoms with Gasteiger partial charge in [0.1, 0.15) is 0 Å². The molecule has 0 aliphatic rings. The Morgan fingerprint density at radius 3 is 2.04 bits per heavy atom. The lowest BCUT2D eigenvalue weighted by Crippen LogP contribution is -1.80. The summed E-state index contributed by atoms with van der Waals surface area (Å²) in [5.41, 5.74) is 4.70. The van der Waals surface area contributed by atoms with Crippen molar-refractivity contribution in [3.8, 4) is 0 Å². The maximum absolute atomic E-state index is 4.28. The lowest BCUT2D eigenvalue weighted by molar-refractivity contribution is 1.37. The maximum atomic E-state index is 4.28. The van der Waals surface area contributed by atoms with E-state index in [2.05, 4.69) is 66.3 Å². The van der Waals surface area contributed by atoms with Gasteiger partial charge in [-0.3, -0.25) is 9.97 Å². The topological polar surface area (TPSA) is 25.8 Å². The zero-order valence-corrected chi connectivity index (χ0v) is 14.8. The first-order valence-corrected chi connectivity index (χ1v) is 8.36. The highest BCUT2D eigenvalue weighted by Crippen LogP contribution is 2.14. The number of para-hydroxylation sites is 1. The third-order valence-electron chi connectivity index (χ3n) is 3.59. The van der Waals surface area contributed by atoms with Crippen molar-refractivity contribution >= 4 is 21.8 Å². The Morgan fingerprint density at radius 2 is 1.32 bits per heavy atom. The van der Waals surface area contributed by atoms with Crippen LogP contribution < -0.4 is 0 Å². The number of nitrogens with zero attached hydrogens (tertiary/aromatic N) is 2. The summed E-state index contributed by atoms with van der Waals surface area (Å²) in [6.45, 7) is 8.17. The zero-order chi connectivity index (χ0) is 17.4. The van der Waals surface area contributed by atoms with Crippen LogP contribution in [0.5, 0.6) is 0 Å². The van der Waals surface area contributed by atoms with Crippen LogP contribution in [0, 0.1) is 13.8 Å². The van der Waals surface area contributed by atoms with Gasteiger partial charge in [-0.25, -0.2) is 0 Å². The van der Waals surface area contributed by atoms with Crippen molar-refractivity contribution in [3.05, 3.63) is 84.2 Å². The lowest BCUT2D eigenvalue weighted by Gasteiger charge is -1.97. The number of fused-ring (bicyclic) bond motifs is 2. The molecule has 2 aromatic heterocycles. The van der Waals surface area contributed by atoms with Crippen LogP contribution in [0.4, 0.5) is 0 Å². The van der Waals surface area contributed by atoms with Crippen LogP contribution in [0.1, 0.15) is 32.4 Å². The van der Waals surface area contributed by atoms with Gasteiger partial charge in [0.05, 0.1) is 11.0 Å². The van der Waals surface area contributed by atoms with Crippen LogP contribution in [-0.2, 0) is 0 Å². The van der Waals surface area contributed by atoms with Crippen LogP contribution in [-0.4, -0.2) is 9.97 Å². The molecular formula is C23H28N2. The molecule has 0 unspecified atom stereocenters. The number of benzene rings is 2. The van der Waals surface area contributed by atoms with Crippen molar-refractivity contribution in [3.63, 3.8) is 0 Å². The average Bonchev–Trinajstić information content (AvgIpc) is 2.64. The van der Waals surface area contributed by atoms with Crippen molar-refractivity contribution < 1.29 is 0 Å². The number of rotatable bonds is 0. The van der Waals surface area contributed by atoms with E-state index in [1.165, 1.54) is 21.9 Å². The summed E-state index contributed by atoms with van der Waals surface area (Å²) in [4.78, 5) is 8.50. The van der Waals surface area contributed by atoms with Crippen LogP contribution >= 0.6 is 0 Å². The minimum Gasteiger partial charge on any atom is -0.256 e. The van der Waals surface area contributed by atoms with Gasteiger partial charge in [-0.05, 0) is 43.7 Å². The molecule has 2 heterocycles. The van der Waals surface area contributed by atoms with Gasteiger partial charge in [0.25, 0.3) is 0 Å². The minimum atomic E-state index is 0. The summed E-state index contributed by atoms with van der Waals surface area (Å²) in [6, 6.07) is 20.6. The van der Waals surface area contributed by atoms with Gasteiger partial charge >= 0.3 is 0 Å². The van der Waals surface area contributed by atoms with E-state index in [-0.39, 0.29) is 7.43 Å². The molecule has 0 saturated carbocycles. The van der Waals surface area contributed by atoms with Gasteiger partial charge < -0.3 is 0 Å². The van der Waals surface area contributed by atoms with Crippen LogP contribution in [0.2, 0.25) is 0 Å². The molecule has 0 aliphatic heterocycles. The fraction of sp³-hybridized carbons (Fsp3) is 0.217. The molecule has 0 fully saturated rings. The molecule has 0 bridgehead atoms. The summed E-state index contributed by atoms with van der Waals surface area (Å²) in [7, 11) is 0. The molecule has 130 valence electrons. The van der Waals surface area contributed by atoms with Crippen molar-refractivity contribution in [2.75, 3.05) is 0 Å². The van der Waals surface area contributed by atoms with Crippen molar-refractivity contribution in [1.82, 2.24) is 9.97 Å². The molecule has 2 aromatic carbocycles. The monoisotopic (exact) mass is 332 g/mol. The van der Waals surface area contributed by atoms with Crippen LogP contribution in [0.15, 0.2) is 73.1 Å². The summed E-state index contributed by atoms with van der Waals surface area (Å²) in [6.07, 6.45) is 3.65. The molecule has 4 aromatic rings. The van der Waals surface area contributed by atoms with E-state index in [1.807, 2.05) is 44.4 Å². The van der Waals surface area contributed by atoms with E-state index in [0.717, 1.165) is 11.0 Å². The van der Waals surface area contributed by atoms with Gasteiger partial charge in [0.15, 0.2) is 0 Å². The molecule has 0 radical (unpaired) electrons. The Labute approximate surface area is 151 Å². The van der Waals surface area contributed by atoms with Gasteiger partial charge in [-0.15, -0.1) is 0 Å². The number of aryl methyl sites for hydroxylation is 2. The minimum absolute atomic E-state index is 0. The summed E-state index contributed by atoms with van der Waals surface area (Å²) in [5, 5.41) is 2.43. The van der Waals surface area contributed by atoms with Crippen molar-refractivity contribution in [2.45, 2.75) is 35.1 Å². The Kier molecular flexibility index (Phi) is 8.28. The Balaban J connectivity index is 0.000000220. The Morgan fingerprint density at radius 1 is 0.680 bits per heavy atom.